The van der Waals surface area contributed by atoms with Crippen molar-refractivity contribution in [2.24, 2.45) is 0 Å². The number of methoxy groups -OCH3 is 3. The van der Waals surface area contributed by atoms with Crippen LogP contribution in [-0.2, 0) is 14.2 Å². The van der Waals surface area contributed by atoms with Crippen LogP contribution >= 0.6 is 56.9 Å². The molecule has 0 aliphatic heterocycles. The van der Waals surface area contributed by atoms with Crippen LogP contribution in [0, 0.1) is 37.7 Å². The molecule has 0 unspecified atom stereocenters. The van der Waals surface area contributed by atoms with E-state index in [9.17, 15) is 38.5 Å². The fraction of sp³-hybridized carbons (Fsp3) is 0.133. The number of ether oxygens (including phenoxy) is 6. The number of rotatable bonds is 16. The molecule has 12 rings (SSSR count). The summed E-state index contributed by atoms with van der Waals surface area (Å²) in [5.74, 6) is 0.636. The summed E-state index contributed by atoms with van der Waals surface area (Å²) in [7, 11) is 6.34. The Morgan fingerprint density at radius 2 is 0.889 bits per heavy atom. The van der Waals surface area contributed by atoms with E-state index in [1.54, 1.807) is 81.9 Å². The number of fused-ring (bicyclic) bond motifs is 4. The van der Waals surface area contributed by atoms with Gasteiger partial charge in [-0.3, -0.25) is 24.9 Å². The third kappa shape index (κ3) is 18.1. The standard InChI is InChI=1S/C15H11ClN2O4S.C15H11FN2O4S.C15H13FN2O2S.C14H11FN2OS.CH4.B.FH.Na.H/c2*1-21-8-22-10-3-4-12-14(7-10)23-15(17-12)9-2-5-13(18(19)20)11(16)6-9;1-19-8-20-10-3-5-13-14(7-10)21-15(18-13)9-2-4-12(17)11(16)6-9;1-16-11-4-2-8(6-10(11)15)14-17-12-5-3-9(18)7-13(12)19-14;;;;;/h2*2-7H,8H2,1H3;2-7H,8,17H2,1H3;2-7,16,18H,1H3;1H4;;1H;;/q;;;;;;;+1;-1/i;2*16-1;;;;1-1;;. The fourth-order valence-electron chi connectivity index (χ4n) is 7.86. The summed E-state index contributed by atoms with van der Waals surface area (Å²) in [5.41, 5.74) is 11.3. The van der Waals surface area contributed by atoms with E-state index < -0.39 is 27.2 Å². The number of aromatic hydroxyl groups is 1. The number of nitro groups is 2. The minimum atomic E-state index is -0.879. The topological polar surface area (TPSA) is 251 Å². The van der Waals surface area contributed by atoms with Crippen LogP contribution in [0.3, 0.4) is 0 Å². The molecular weight excluding hydrogens is 1280 g/mol. The molecule has 0 fully saturated rings. The van der Waals surface area contributed by atoms with Gasteiger partial charge in [-0.1, -0.05) is 19.0 Å². The molecule has 0 spiro atoms. The molecule has 12 aromatic rings. The number of halogens is 5. The average molecular weight is 1330 g/mol. The van der Waals surface area contributed by atoms with Crippen molar-refractivity contribution in [2.75, 3.05) is 59.8 Å². The molecule has 4 N–H and O–H groups in total. The number of hydrogen-bond donors (Lipinski definition) is 3. The first-order valence-electron chi connectivity index (χ1n) is 25.1. The Labute approximate surface area is 557 Å². The summed E-state index contributed by atoms with van der Waals surface area (Å²) in [6, 6.07) is 39.5. The van der Waals surface area contributed by atoms with Crippen LogP contribution in [0.25, 0.3) is 83.2 Å². The third-order valence-electron chi connectivity index (χ3n) is 12.0. The van der Waals surface area contributed by atoms with E-state index in [-0.39, 0.29) is 99.9 Å². The van der Waals surface area contributed by atoms with Gasteiger partial charge in [0.2, 0.25) is 5.82 Å². The number of anilines is 2. The van der Waals surface area contributed by atoms with Crippen LogP contribution in [0.15, 0.2) is 146 Å². The zero-order valence-electron chi connectivity index (χ0n) is 48.4. The first kappa shape index (κ1) is 72.6. The maximum Gasteiger partial charge on any atom is 1.00 e. The van der Waals surface area contributed by atoms with E-state index in [2.05, 4.69) is 25.3 Å². The molecule has 0 amide bonds. The molecule has 461 valence electrons. The Morgan fingerprint density at radius 3 is 1.26 bits per heavy atom. The quantitative estimate of drug-likeness (QED) is 0.0203. The summed E-state index contributed by atoms with van der Waals surface area (Å²) in [4.78, 5) is 38.1. The van der Waals surface area contributed by atoms with Gasteiger partial charge in [-0.05, 0) is 133 Å². The predicted octanol–water partition coefficient (Wildman–Crippen LogP) is 13.5. The van der Waals surface area contributed by atoms with Gasteiger partial charge in [0.05, 0.1) is 62.1 Å². The van der Waals surface area contributed by atoms with Crippen molar-refractivity contribution in [2.45, 2.75) is 7.43 Å². The normalized spacial score (nSPS) is 10.4. The number of phenolic OH excluding ortho intramolecular Hbond substituents is 1. The van der Waals surface area contributed by atoms with Gasteiger partial charge >= 0.3 is 35.2 Å². The van der Waals surface area contributed by atoms with Gasteiger partial charge in [0, 0.05) is 71.2 Å². The van der Waals surface area contributed by atoms with Crippen molar-refractivity contribution in [3.8, 4) is 65.3 Å². The zero-order valence-corrected chi connectivity index (χ0v) is 53.4. The van der Waals surface area contributed by atoms with Crippen LogP contribution < -0.4 is 54.8 Å². The molecule has 0 atom stereocenters. The van der Waals surface area contributed by atoms with Crippen molar-refractivity contribution in [1.29, 1.82) is 0 Å². The van der Waals surface area contributed by atoms with Gasteiger partial charge in [-0.25, -0.2) is 28.7 Å². The number of nitrogens with two attached hydrogens (primary N) is 1. The molecule has 0 aliphatic carbocycles. The second kappa shape index (κ2) is 33.6. The number of phenols is 1. The Balaban J connectivity index is 0.000000255. The molecule has 8 aromatic carbocycles. The Kier molecular flexibility index (Phi) is 27.1. The van der Waals surface area contributed by atoms with Crippen molar-refractivity contribution in [3.63, 3.8) is 0 Å². The van der Waals surface area contributed by atoms with Crippen LogP contribution in [0.2, 0.25) is 5.02 Å². The molecule has 0 bridgehead atoms. The number of nitrogens with one attached hydrogen (secondary N) is 1. The number of aromatic nitrogens is 4. The summed E-state index contributed by atoms with van der Waals surface area (Å²) in [6.07, 6.45) is 0. The molecule has 0 aliphatic rings. The van der Waals surface area contributed by atoms with Gasteiger partial charge < -0.3 is 46.0 Å². The zero-order chi connectivity index (χ0) is 61.0. The first-order valence-corrected chi connectivity index (χ1v) is 28.7. The van der Waals surface area contributed by atoms with Gasteiger partial charge in [-0.2, -0.15) is 4.39 Å². The Morgan fingerprint density at radius 1 is 0.533 bits per heavy atom. The largest absolute Gasteiger partial charge is 1.00 e. The van der Waals surface area contributed by atoms with Crippen LogP contribution in [0.1, 0.15) is 8.85 Å². The maximum atomic E-state index is 13.7. The number of benzene rings is 8. The third-order valence-corrected chi connectivity index (χ3v) is 16.6. The van der Waals surface area contributed by atoms with E-state index in [0.29, 0.717) is 39.1 Å². The first-order chi connectivity index (χ1) is 41.5. The Hall–Kier alpha value is -8.13. The molecule has 3 radical (unpaired) electrons. The summed E-state index contributed by atoms with van der Waals surface area (Å²) >= 11 is 11.7. The van der Waals surface area contributed by atoms with E-state index in [0.717, 1.165) is 79.1 Å². The molecular formula is C60H52BClF4N8NaO11S4. The number of hydrogen-bond acceptors (Lipinski definition) is 21. The number of nitrogens with zero attached hydrogens (tertiary/aromatic N) is 6. The monoisotopic (exact) mass is 1330 g/mol. The van der Waals surface area contributed by atoms with Gasteiger partial charge in [0.25, 0.3) is 5.69 Å². The van der Waals surface area contributed by atoms with Gasteiger partial charge in [0.1, 0.15) is 59.7 Å². The van der Waals surface area contributed by atoms with E-state index in [1.807, 2.05) is 48.5 Å². The fourth-order valence-corrected chi connectivity index (χ4v) is 12.1. The summed E-state index contributed by atoms with van der Waals surface area (Å²) in [5, 5.41) is 36.6. The Bertz CT molecular complexity index is 4300. The van der Waals surface area contributed by atoms with E-state index in [4.69, 9.17) is 45.8 Å². The van der Waals surface area contributed by atoms with Crippen LogP contribution in [0.5, 0.6) is 23.0 Å². The van der Waals surface area contributed by atoms with Crippen LogP contribution in [0.4, 0.5) is 40.6 Å². The molecule has 19 nitrogen and oxygen atoms in total. The second-order valence-corrected chi connectivity index (χ2v) is 22.3. The molecule has 0 saturated carbocycles. The van der Waals surface area contributed by atoms with E-state index in [1.165, 1.54) is 76.7 Å². The van der Waals surface area contributed by atoms with Gasteiger partial charge in [-0.15, -0.1) is 45.3 Å². The molecule has 30 heteroatoms. The van der Waals surface area contributed by atoms with Crippen molar-refractivity contribution in [3.05, 3.63) is 188 Å². The molecule has 4 heterocycles. The van der Waals surface area contributed by atoms with E-state index >= 15 is 0 Å². The van der Waals surface area contributed by atoms with Crippen LogP contribution in [-0.4, -0.2) is 92.1 Å². The molecule has 90 heavy (non-hydrogen) atoms. The van der Waals surface area contributed by atoms with Crippen molar-refractivity contribution >= 4 is 129 Å². The number of nitro benzene ring substituents is 2. The minimum absolute atomic E-state index is 0. The summed E-state index contributed by atoms with van der Waals surface area (Å²) < 4.78 is 75.4. The van der Waals surface area contributed by atoms with Crippen molar-refractivity contribution in [1.82, 2.24) is 19.9 Å². The number of thiazole rings is 4. The smallest absolute Gasteiger partial charge is 1.00 e. The number of nitrogen functional groups attached to an aromatic ring is 1. The maximum absolute atomic E-state index is 13.7. The molecule has 4 aromatic heterocycles. The molecule has 0 saturated heterocycles. The SMILES string of the molecule is C.CNc1ccc(-c2nc3ccc(O)cc3s2)cc1F.COCOc1ccc2nc(-c3ccc(N)c([18F])c3)sc2c1.COCOc1ccc2nc(-c3ccc([N+](=O)[O-])c(Cl)c3)sc2c1.COCOc1ccc2nc(-c3ccc([N+](=O)[O-])c([18F])c3)sc2c1.[18FH].[B].[H-].[Na+]. The van der Waals surface area contributed by atoms with Crippen molar-refractivity contribution < 1.29 is 92.2 Å². The summed E-state index contributed by atoms with van der Waals surface area (Å²) in [6.45, 7) is 0.514. The predicted molar refractivity (Wildman–Crippen MR) is 348 cm³/mol. The van der Waals surface area contributed by atoms with Gasteiger partial charge in [0.15, 0.2) is 20.4 Å². The minimum Gasteiger partial charge on any atom is -1.00 e. The second-order valence-electron chi connectivity index (χ2n) is 17.8. The average Bonchev–Trinajstić information content (AvgIpc) is 2.24.